The molecule has 0 bridgehead atoms. The monoisotopic (exact) mass is 333 g/mol. The SMILES string of the molecule is CN(C)C1(CNC(=O)C2(CN)CCOCC2)CCCCC1.Cl. The third-order valence-corrected chi connectivity index (χ3v) is 5.63. The van der Waals surface area contributed by atoms with Gasteiger partial charge in [-0.05, 0) is 39.8 Å². The van der Waals surface area contributed by atoms with Crippen LogP contribution in [0.1, 0.15) is 44.9 Å². The van der Waals surface area contributed by atoms with E-state index >= 15 is 0 Å². The molecular weight excluding hydrogens is 302 g/mol. The van der Waals surface area contributed by atoms with Crippen molar-refractivity contribution in [3.63, 3.8) is 0 Å². The average molecular weight is 334 g/mol. The molecule has 2 fully saturated rings. The number of halogens is 1. The van der Waals surface area contributed by atoms with E-state index in [0.717, 1.165) is 19.4 Å². The number of carbonyl (C=O) groups is 1. The second-order valence-corrected chi connectivity index (χ2v) is 6.96. The van der Waals surface area contributed by atoms with Gasteiger partial charge in [0.1, 0.15) is 0 Å². The molecular formula is C16H32ClN3O2. The first-order valence-corrected chi connectivity index (χ1v) is 8.28. The molecule has 1 amide bonds. The molecule has 0 aromatic rings. The molecule has 0 spiro atoms. The molecule has 0 radical (unpaired) electrons. The number of ether oxygens (including phenoxy) is 1. The minimum atomic E-state index is -0.416. The highest BCUT2D eigenvalue weighted by molar-refractivity contribution is 5.85. The fourth-order valence-electron chi connectivity index (χ4n) is 3.71. The second kappa shape index (κ2) is 8.48. The van der Waals surface area contributed by atoms with Gasteiger partial charge in [-0.3, -0.25) is 4.79 Å². The highest BCUT2D eigenvalue weighted by Gasteiger charge is 2.41. The van der Waals surface area contributed by atoms with E-state index in [2.05, 4.69) is 24.3 Å². The molecule has 5 nitrogen and oxygen atoms in total. The van der Waals surface area contributed by atoms with E-state index in [1.807, 2.05) is 0 Å². The van der Waals surface area contributed by atoms with E-state index in [4.69, 9.17) is 10.5 Å². The molecule has 1 saturated heterocycles. The summed E-state index contributed by atoms with van der Waals surface area (Å²) in [6.45, 7) is 2.44. The van der Waals surface area contributed by atoms with Gasteiger partial charge < -0.3 is 20.7 Å². The molecule has 6 heteroatoms. The highest BCUT2D eigenvalue weighted by atomic mass is 35.5. The van der Waals surface area contributed by atoms with Gasteiger partial charge in [-0.2, -0.15) is 0 Å². The van der Waals surface area contributed by atoms with Crippen LogP contribution < -0.4 is 11.1 Å². The minimum absolute atomic E-state index is 0. The molecule has 0 aromatic heterocycles. The van der Waals surface area contributed by atoms with Crippen LogP contribution in [0.5, 0.6) is 0 Å². The van der Waals surface area contributed by atoms with Crippen LogP contribution in [0.25, 0.3) is 0 Å². The molecule has 3 N–H and O–H groups in total. The number of likely N-dealkylation sites (N-methyl/N-ethyl adjacent to an activating group) is 1. The number of nitrogens with zero attached hydrogens (tertiary/aromatic N) is 1. The lowest BCUT2D eigenvalue weighted by Crippen LogP contribution is -2.57. The van der Waals surface area contributed by atoms with E-state index in [1.165, 1.54) is 32.1 Å². The summed E-state index contributed by atoms with van der Waals surface area (Å²) >= 11 is 0. The van der Waals surface area contributed by atoms with Gasteiger partial charge in [0.05, 0.1) is 5.41 Å². The Morgan fingerprint density at radius 3 is 2.23 bits per heavy atom. The maximum absolute atomic E-state index is 12.7. The van der Waals surface area contributed by atoms with Crippen molar-refractivity contribution in [3.8, 4) is 0 Å². The molecule has 130 valence electrons. The molecule has 1 aliphatic heterocycles. The number of hydrogen-bond acceptors (Lipinski definition) is 4. The molecule has 22 heavy (non-hydrogen) atoms. The van der Waals surface area contributed by atoms with Gasteiger partial charge in [0.25, 0.3) is 0 Å². The fraction of sp³-hybridized carbons (Fsp3) is 0.938. The Hall–Kier alpha value is -0.360. The first-order valence-electron chi connectivity index (χ1n) is 8.28. The molecule has 1 heterocycles. The van der Waals surface area contributed by atoms with Crippen LogP contribution in [0.2, 0.25) is 0 Å². The normalized spacial score (nSPS) is 23.6. The van der Waals surface area contributed by atoms with Crippen LogP contribution >= 0.6 is 12.4 Å². The second-order valence-electron chi connectivity index (χ2n) is 6.96. The summed E-state index contributed by atoms with van der Waals surface area (Å²) in [7, 11) is 4.26. The fourth-order valence-corrected chi connectivity index (χ4v) is 3.71. The number of carbonyl (C=O) groups excluding carboxylic acids is 1. The number of amides is 1. The first-order chi connectivity index (χ1) is 10.0. The van der Waals surface area contributed by atoms with Crippen molar-refractivity contribution in [1.29, 1.82) is 0 Å². The van der Waals surface area contributed by atoms with Gasteiger partial charge in [-0.1, -0.05) is 19.3 Å². The molecule has 0 atom stereocenters. The van der Waals surface area contributed by atoms with Crippen molar-refractivity contribution in [1.82, 2.24) is 10.2 Å². The van der Waals surface area contributed by atoms with Crippen LogP contribution in [-0.4, -0.2) is 56.7 Å². The topological polar surface area (TPSA) is 67.6 Å². The highest BCUT2D eigenvalue weighted by Crippen LogP contribution is 2.33. The zero-order valence-electron chi connectivity index (χ0n) is 14.0. The summed E-state index contributed by atoms with van der Waals surface area (Å²) in [6, 6.07) is 0. The standard InChI is InChI=1S/C16H31N3O2.ClH/c1-19(2)16(6-4-3-5-7-16)13-18-14(20)15(12-17)8-10-21-11-9-15;/h3-13,17H2,1-2H3,(H,18,20);1H. The van der Waals surface area contributed by atoms with E-state index in [1.54, 1.807) is 0 Å². The Bertz CT molecular complexity index is 351. The third-order valence-electron chi connectivity index (χ3n) is 5.63. The Labute approximate surface area is 140 Å². The van der Waals surface area contributed by atoms with Crippen molar-refractivity contribution < 1.29 is 9.53 Å². The summed E-state index contributed by atoms with van der Waals surface area (Å²) in [5.74, 6) is 0.125. The quantitative estimate of drug-likeness (QED) is 0.801. The predicted octanol–water partition coefficient (Wildman–Crippen LogP) is 1.54. The van der Waals surface area contributed by atoms with Crippen LogP contribution in [-0.2, 0) is 9.53 Å². The lowest BCUT2D eigenvalue weighted by atomic mass is 9.78. The largest absolute Gasteiger partial charge is 0.381 e. The van der Waals surface area contributed by atoms with Gasteiger partial charge in [-0.15, -0.1) is 12.4 Å². The van der Waals surface area contributed by atoms with Gasteiger partial charge in [0, 0.05) is 31.8 Å². The van der Waals surface area contributed by atoms with Gasteiger partial charge in [0.2, 0.25) is 5.91 Å². The summed E-state index contributed by atoms with van der Waals surface area (Å²) < 4.78 is 5.39. The Morgan fingerprint density at radius 2 is 1.73 bits per heavy atom. The summed E-state index contributed by atoms with van der Waals surface area (Å²) in [5.41, 5.74) is 5.62. The smallest absolute Gasteiger partial charge is 0.227 e. The summed E-state index contributed by atoms with van der Waals surface area (Å²) in [5, 5.41) is 3.22. The Morgan fingerprint density at radius 1 is 1.14 bits per heavy atom. The number of rotatable bonds is 5. The van der Waals surface area contributed by atoms with Crippen molar-refractivity contribution >= 4 is 18.3 Å². The molecule has 0 aromatic carbocycles. The predicted molar refractivity (Wildman–Crippen MR) is 91.3 cm³/mol. The minimum Gasteiger partial charge on any atom is -0.381 e. The van der Waals surface area contributed by atoms with Crippen LogP contribution in [0.4, 0.5) is 0 Å². The van der Waals surface area contributed by atoms with Gasteiger partial charge >= 0.3 is 0 Å². The molecule has 1 saturated carbocycles. The molecule has 0 unspecified atom stereocenters. The molecule has 1 aliphatic carbocycles. The molecule has 2 aliphatic rings. The Kier molecular flexibility index (Phi) is 7.59. The zero-order chi connectivity index (χ0) is 15.3. The van der Waals surface area contributed by atoms with Gasteiger partial charge in [0.15, 0.2) is 0 Å². The maximum Gasteiger partial charge on any atom is 0.227 e. The lowest BCUT2D eigenvalue weighted by Gasteiger charge is -2.44. The van der Waals surface area contributed by atoms with Crippen LogP contribution in [0.3, 0.4) is 0 Å². The maximum atomic E-state index is 12.7. The zero-order valence-corrected chi connectivity index (χ0v) is 14.8. The van der Waals surface area contributed by atoms with E-state index < -0.39 is 5.41 Å². The van der Waals surface area contributed by atoms with Crippen molar-refractivity contribution in [2.24, 2.45) is 11.1 Å². The number of nitrogens with one attached hydrogen (secondary N) is 1. The number of nitrogens with two attached hydrogens (primary N) is 1. The van der Waals surface area contributed by atoms with Crippen LogP contribution in [0, 0.1) is 5.41 Å². The first kappa shape index (κ1) is 19.7. The average Bonchev–Trinajstić information content (AvgIpc) is 2.54. The third kappa shape index (κ3) is 4.13. The summed E-state index contributed by atoms with van der Waals surface area (Å²) in [6.07, 6.45) is 7.63. The summed E-state index contributed by atoms with van der Waals surface area (Å²) in [4.78, 5) is 15.0. The van der Waals surface area contributed by atoms with Crippen LogP contribution in [0.15, 0.2) is 0 Å². The van der Waals surface area contributed by atoms with E-state index in [9.17, 15) is 4.79 Å². The van der Waals surface area contributed by atoms with Gasteiger partial charge in [-0.25, -0.2) is 0 Å². The van der Waals surface area contributed by atoms with Crippen molar-refractivity contribution in [3.05, 3.63) is 0 Å². The number of hydrogen-bond donors (Lipinski definition) is 2. The Balaban J connectivity index is 0.00000242. The molecule has 2 rings (SSSR count). The lowest BCUT2D eigenvalue weighted by molar-refractivity contribution is -0.136. The van der Waals surface area contributed by atoms with Crippen molar-refractivity contribution in [2.75, 3.05) is 40.4 Å². The van der Waals surface area contributed by atoms with E-state index in [-0.39, 0.29) is 23.9 Å². The van der Waals surface area contributed by atoms with Crippen molar-refractivity contribution in [2.45, 2.75) is 50.5 Å². The van der Waals surface area contributed by atoms with E-state index in [0.29, 0.717) is 19.8 Å².